The number of piperidine rings is 1. The number of aliphatic hydroxyl groups is 1. The highest BCUT2D eigenvalue weighted by molar-refractivity contribution is 5.17. The van der Waals surface area contributed by atoms with Crippen molar-refractivity contribution in [2.45, 2.75) is 37.8 Å². The monoisotopic (exact) mass is 274 g/mol. The molecule has 20 heavy (non-hydrogen) atoms. The van der Waals surface area contributed by atoms with Gasteiger partial charge >= 0.3 is 0 Å². The van der Waals surface area contributed by atoms with Crippen LogP contribution in [0.2, 0.25) is 0 Å². The van der Waals surface area contributed by atoms with Crippen LogP contribution in [-0.2, 0) is 0 Å². The van der Waals surface area contributed by atoms with Gasteiger partial charge in [-0.25, -0.2) is 0 Å². The minimum atomic E-state index is -0.350. The van der Waals surface area contributed by atoms with Gasteiger partial charge in [0.05, 0.1) is 6.10 Å². The Labute approximate surface area is 122 Å². The summed E-state index contributed by atoms with van der Waals surface area (Å²) in [6.45, 7) is 4.24. The Morgan fingerprint density at radius 1 is 1.15 bits per heavy atom. The molecule has 1 aromatic carbocycles. The average molecular weight is 274 g/mol. The molecule has 2 fully saturated rings. The molecule has 2 saturated heterocycles. The summed E-state index contributed by atoms with van der Waals surface area (Å²) in [4.78, 5) is 2.42. The van der Waals surface area contributed by atoms with E-state index in [1.165, 1.54) is 32.2 Å². The molecule has 2 aliphatic heterocycles. The van der Waals surface area contributed by atoms with Crippen molar-refractivity contribution in [3.63, 3.8) is 0 Å². The number of β-amino-alcohol motifs (C(OH)–C–C–N with tert-alkyl or cyclic N) is 1. The summed E-state index contributed by atoms with van der Waals surface area (Å²) >= 11 is 0. The molecule has 110 valence electrons. The van der Waals surface area contributed by atoms with Crippen molar-refractivity contribution in [3.8, 4) is 0 Å². The smallest absolute Gasteiger partial charge is 0.0916 e. The van der Waals surface area contributed by atoms with E-state index in [1.807, 2.05) is 30.3 Å². The van der Waals surface area contributed by atoms with Crippen molar-refractivity contribution >= 4 is 0 Å². The third kappa shape index (κ3) is 3.40. The molecule has 3 heteroatoms. The summed E-state index contributed by atoms with van der Waals surface area (Å²) in [6, 6.07) is 10.8. The molecule has 0 spiro atoms. The van der Waals surface area contributed by atoms with Crippen LogP contribution < -0.4 is 5.32 Å². The highest BCUT2D eigenvalue weighted by Crippen LogP contribution is 2.26. The van der Waals surface area contributed by atoms with Gasteiger partial charge < -0.3 is 15.3 Å². The van der Waals surface area contributed by atoms with Crippen LogP contribution in [-0.4, -0.2) is 42.2 Å². The largest absolute Gasteiger partial charge is 0.387 e. The average Bonchev–Trinajstić information content (AvgIpc) is 3.03. The zero-order valence-corrected chi connectivity index (χ0v) is 12.2. The third-order valence-corrected chi connectivity index (χ3v) is 4.92. The summed E-state index contributed by atoms with van der Waals surface area (Å²) in [6.07, 6.45) is 4.91. The second-order valence-electron chi connectivity index (χ2n) is 6.27. The molecule has 2 N–H and O–H groups in total. The molecule has 0 bridgehead atoms. The lowest BCUT2D eigenvalue weighted by Crippen LogP contribution is -2.42. The summed E-state index contributed by atoms with van der Waals surface area (Å²) in [5.41, 5.74) is 1.03. The Morgan fingerprint density at radius 3 is 2.55 bits per heavy atom. The molecule has 2 aliphatic rings. The third-order valence-electron chi connectivity index (χ3n) is 4.92. The van der Waals surface area contributed by atoms with Crippen molar-refractivity contribution in [2.75, 3.05) is 26.2 Å². The topological polar surface area (TPSA) is 35.5 Å². The molecule has 0 radical (unpaired) electrons. The number of hydrogen-bond acceptors (Lipinski definition) is 3. The lowest BCUT2D eigenvalue weighted by Gasteiger charge is -2.35. The van der Waals surface area contributed by atoms with Crippen molar-refractivity contribution in [3.05, 3.63) is 35.9 Å². The van der Waals surface area contributed by atoms with Crippen LogP contribution >= 0.6 is 0 Å². The van der Waals surface area contributed by atoms with Gasteiger partial charge in [0.1, 0.15) is 0 Å². The molecular formula is C17H26N2O. The molecule has 0 amide bonds. The van der Waals surface area contributed by atoms with Crippen LogP contribution in [0, 0.1) is 5.92 Å². The van der Waals surface area contributed by atoms with Crippen LogP contribution in [0.5, 0.6) is 0 Å². The molecule has 3 rings (SSSR count). The molecule has 0 aliphatic carbocycles. The quantitative estimate of drug-likeness (QED) is 0.883. The van der Waals surface area contributed by atoms with E-state index in [9.17, 15) is 5.11 Å². The van der Waals surface area contributed by atoms with Gasteiger partial charge in [-0.3, -0.25) is 0 Å². The van der Waals surface area contributed by atoms with Gasteiger partial charge in [0.25, 0.3) is 0 Å². The van der Waals surface area contributed by atoms with E-state index >= 15 is 0 Å². The predicted octanol–water partition coefficient (Wildman–Crippen LogP) is 2.18. The molecule has 2 atom stereocenters. The highest BCUT2D eigenvalue weighted by Gasteiger charge is 2.28. The molecule has 0 saturated carbocycles. The van der Waals surface area contributed by atoms with E-state index in [1.54, 1.807) is 0 Å². The predicted molar refractivity (Wildman–Crippen MR) is 81.6 cm³/mol. The number of rotatable bonds is 4. The molecule has 0 aromatic heterocycles. The summed E-state index contributed by atoms with van der Waals surface area (Å²) in [5.74, 6) is 0.850. The number of benzene rings is 1. The van der Waals surface area contributed by atoms with Crippen LogP contribution in [0.25, 0.3) is 0 Å². The number of likely N-dealkylation sites (tertiary alicyclic amines) is 1. The Bertz CT molecular complexity index is 395. The summed E-state index contributed by atoms with van der Waals surface area (Å²) < 4.78 is 0. The van der Waals surface area contributed by atoms with E-state index in [0.717, 1.165) is 37.2 Å². The Kier molecular flexibility index (Phi) is 4.71. The zero-order valence-electron chi connectivity index (χ0n) is 12.2. The molecule has 1 aromatic rings. The minimum absolute atomic E-state index is 0.350. The van der Waals surface area contributed by atoms with Gasteiger partial charge in [-0.05, 0) is 56.8 Å². The van der Waals surface area contributed by atoms with Gasteiger partial charge in [0.15, 0.2) is 0 Å². The maximum atomic E-state index is 10.3. The van der Waals surface area contributed by atoms with E-state index in [-0.39, 0.29) is 6.10 Å². The lowest BCUT2D eigenvalue weighted by molar-refractivity contribution is 0.0839. The SMILES string of the molecule is OC(CN1CCC(C2CCCN2)CC1)c1ccccc1. The van der Waals surface area contributed by atoms with Crippen molar-refractivity contribution in [2.24, 2.45) is 5.92 Å². The highest BCUT2D eigenvalue weighted by atomic mass is 16.3. The van der Waals surface area contributed by atoms with E-state index < -0.39 is 0 Å². The fraction of sp³-hybridized carbons (Fsp3) is 0.647. The second-order valence-corrected chi connectivity index (χ2v) is 6.27. The zero-order chi connectivity index (χ0) is 13.8. The lowest BCUT2D eigenvalue weighted by atomic mass is 9.88. The van der Waals surface area contributed by atoms with E-state index in [0.29, 0.717) is 0 Å². The second kappa shape index (κ2) is 6.70. The first-order valence-corrected chi connectivity index (χ1v) is 8.01. The van der Waals surface area contributed by atoms with Crippen LogP contribution in [0.15, 0.2) is 30.3 Å². The van der Waals surface area contributed by atoms with Crippen molar-refractivity contribution < 1.29 is 5.11 Å². The van der Waals surface area contributed by atoms with E-state index in [4.69, 9.17) is 0 Å². The van der Waals surface area contributed by atoms with Gasteiger partial charge in [-0.1, -0.05) is 30.3 Å². The number of nitrogens with one attached hydrogen (secondary N) is 1. The number of aliphatic hydroxyl groups excluding tert-OH is 1. The van der Waals surface area contributed by atoms with Crippen LogP contribution in [0.4, 0.5) is 0 Å². The Hall–Kier alpha value is -0.900. The summed E-state index contributed by atoms with van der Waals surface area (Å²) in [7, 11) is 0. The Morgan fingerprint density at radius 2 is 1.90 bits per heavy atom. The number of hydrogen-bond donors (Lipinski definition) is 2. The van der Waals surface area contributed by atoms with Crippen LogP contribution in [0.1, 0.15) is 37.4 Å². The number of nitrogens with zero attached hydrogens (tertiary/aromatic N) is 1. The maximum absolute atomic E-state index is 10.3. The Balaban J connectivity index is 1.46. The van der Waals surface area contributed by atoms with Crippen molar-refractivity contribution in [1.82, 2.24) is 10.2 Å². The standard InChI is InChI=1S/C17H26N2O/c20-17(15-5-2-1-3-6-15)13-19-11-8-14(9-12-19)16-7-4-10-18-16/h1-3,5-6,14,16-18,20H,4,7-13H2. The van der Waals surface area contributed by atoms with Crippen LogP contribution in [0.3, 0.4) is 0 Å². The first-order valence-electron chi connectivity index (χ1n) is 8.01. The molecule has 3 nitrogen and oxygen atoms in total. The maximum Gasteiger partial charge on any atom is 0.0916 e. The van der Waals surface area contributed by atoms with Gasteiger partial charge in [-0.15, -0.1) is 0 Å². The van der Waals surface area contributed by atoms with Gasteiger partial charge in [0.2, 0.25) is 0 Å². The van der Waals surface area contributed by atoms with E-state index in [2.05, 4.69) is 10.2 Å². The first kappa shape index (κ1) is 14.1. The molecular weight excluding hydrogens is 248 g/mol. The molecule has 2 unspecified atom stereocenters. The van der Waals surface area contributed by atoms with Gasteiger partial charge in [0, 0.05) is 12.6 Å². The molecule has 2 heterocycles. The fourth-order valence-electron chi connectivity index (χ4n) is 3.68. The van der Waals surface area contributed by atoms with Crippen molar-refractivity contribution in [1.29, 1.82) is 0 Å². The first-order chi connectivity index (χ1) is 9.83. The van der Waals surface area contributed by atoms with Gasteiger partial charge in [-0.2, -0.15) is 0 Å². The fourth-order valence-corrected chi connectivity index (χ4v) is 3.68. The normalized spacial score (nSPS) is 26.8. The summed E-state index contributed by atoms with van der Waals surface area (Å²) in [5, 5.41) is 13.9. The minimum Gasteiger partial charge on any atom is -0.387 e.